The number of anilines is 1. The van der Waals surface area contributed by atoms with Gasteiger partial charge in [-0.05, 0) is 5.56 Å². The Hall–Kier alpha value is -3.25. The summed E-state index contributed by atoms with van der Waals surface area (Å²) in [7, 11) is -3.29. The molecular formula is C21H26N6O5S. The minimum atomic E-state index is -3.29. The van der Waals surface area contributed by atoms with Crippen molar-refractivity contribution in [3.8, 4) is 11.4 Å². The second-order valence-corrected chi connectivity index (χ2v) is 10.2. The van der Waals surface area contributed by atoms with Crippen molar-refractivity contribution in [2.75, 3.05) is 50.5 Å². The molecule has 3 amide bonds. The zero-order valence-corrected chi connectivity index (χ0v) is 19.0. The van der Waals surface area contributed by atoms with Gasteiger partial charge in [0.05, 0.1) is 24.7 Å². The van der Waals surface area contributed by atoms with Crippen LogP contribution in [-0.2, 0) is 25.1 Å². The Balaban J connectivity index is 1.68. The lowest BCUT2D eigenvalue weighted by Crippen LogP contribution is -2.53. The quantitative estimate of drug-likeness (QED) is 0.619. The van der Waals surface area contributed by atoms with E-state index in [9.17, 15) is 18.0 Å². The average Bonchev–Trinajstić information content (AvgIpc) is 2.78. The standard InChI is InChI=1S/C21H26N6O5S/c1-33(30,31)13-16-12-17(26-8-10-32-11-9-26)25-19(24-16)15-4-2-14(3-5-15)18-20(28)23-6-7-27(18)21(22)29/h2-5,12,18H,6-11,13H2,1H3,(H2,22,29)(H,23,28). The molecular weight excluding hydrogens is 448 g/mol. The SMILES string of the molecule is CS(=O)(=O)Cc1cc(N2CCOCC2)nc(-c2ccc(C3C(=O)NCCN3C(N)=O)cc2)n1. The molecule has 2 aliphatic rings. The first-order valence-electron chi connectivity index (χ1n) is 10.5. The van der Waals surface area contributed by atoms with Gasteiger partial charge < -0.3 is 25.6 Å². The minimum absolute atomic E-state index is 0.201. The number of piperazine rings is 1. The van der Waals surface area contributed by atoms with Crippen LogP contribution in [0.4, 0.5) is 10.6 Å². The van der Waals surface area contributed by atoms with E-state index >= 15 is 0 Å². The predicted molar refractivity (Wildman–Crippen MR) is 121 cm³/mol. The van der Waals surface area contributed by atoms with Crippen LogP contribution in [0.2, 0.25) is 0 Å². The van der Waals surface area contributed by atoms with Gasteiger partial charge in [0.15, 0.2) is 15.7 Å². The number of primary amides is 1. The summed E-state index contributed by atoms with van der Waals surface area (Å²) >= 11 is 0. The number of aromatic nitrogens is 2. The van der Waals surface area contributed by atoms with Gasteiger partial charge in [0, 0.05) is 44.1 Å². The maximum absolute atomic E-state index is 12.4. The highest BCUT2D eigenvalue weighted by molar-refractivity contribution is 7.89. The molecule has 2 aliphatic heterocycles. The van der Waals surface area contributed by atoms with Crippen LogP contribution in [0.1, 0.15) is 17.3 Å². The fourth-order valence-electron chi connectivity index (χ4n) is 3.96. The van der Waals surface area contributed by atoms with E-state index in [0.29, 0.717) is 67.9 Å². The molecule has 2 fully saturated rings. The zero-order valence-electron chi connectivity index (χ0n) is 18.2. The Morgan fingerprint density at radius 1 is 1.18 bits per heavy atom. The third-order valence-electron chi connectivity index (χ3n) is 5.49. The molecule has 1 aromatic heterocycles. The Morgan fingerprint density at radius 2 is 1.88 bits per heavy atom. The van der Waals surface area contributed by atoms with Gasteiger partial charge in [-0.2, -0.15) is 0 Å². The summed E-state index contributed by atoms with van der Waals surface area (Å²) < 4.78 is 29.2. The number of ether oxygens (including phenoxy) is 1. The fourth-order valence-corrected chi connectivity index (χ4v) is 4.64. The molecule has 33 heavy (non-hydrogen) atoms. The second kappa shape index (κ2) is 9.32. The number of urea groups is 1. The van der Waals surface area contributed by atoms with Crippen LogP contribution in [-0.4, -0.2) is 80.9 Å². The highest BCUT2D eigenvalue weighted by Crippen LogP contribution is 2.27. The first-order chi connectivity index (χ1) is 15.7. The lowest BCUT2D eigenvalue weighted by atomic mass is 10.0. The third kappa shape index (κ3) is 5.40. The van der Waals surface area contributed by atoms with Gasteiger partial charge in [-0.25, -0.2) is 23.2 Å². The molecule has 1 atom stereocenters. The van der Waals surface area contributed by atoms with E-state index in [4.69, 9.17) is 10.5 Å². The van der Waals surface area contributed by atoms with Crippen LogP contribution < -0.4 is 16.0 Å². The number of sulfone groups is 1. The Kier molecular flexibility index (Phi) is 6.47. The number of nitrogens with one attached hydrogen (secondary N) is 1. The number of carbonyl (C=O) groups excluding carboxylic acids is 2. The summed E-state index contributed by atoms with van der Waals surface area (Å²) in [5.74, 6) is 0.517. The van der Waals surface area contributed by atoms with Gasteiger partial charge in [-0.15, -0.1) is 0 Å². The molecule has 0 spiro atoms. The Morgan fingerprint density at radius 3 is 2.52 bits per heavy atom. The van der Waals surface area contributed by atoms with Crippen LogP contribution in [0.15, 0.2) is 30.3 Å². The number of nitrogens with zero attached hydrogens (tertiary/aromatic N) is 4. The maximum Gasteiger partial charge on any atom is 0.315 e. The molecule has 3 N–H and O–H groups in total. The molecule has 0 saturated carbocycles. The number of hydrogen-bond acceptors (Lipinski definition) is 8. The molecule has 3 heterocycles. The monoisotopic (exact) mass is 474 g/mol. The minimum Gasteiger partial charge on any atom is -0.378 e. The molecule has 2 aromatic rings. The molecule has 1 unspecified atom stereocenters. The van der Waals surface area contributed by atoms with Crippen molar-refractivity contribution >= 4 is 27.6 Å². The average molecular weight is 475 g/mol. The number of rotatable bonds is 5. The number of amides is 3. The number of nitrogens with two attached hydrogens (primary N) is 1. The molecule has 4 rings (SSSR count). The molecule has 0 radical (unpaired) electrons. The van der Waals surface area contributed by atoms with Crippen molar-refractivity contribution in [3.05, 3.63) is 41.6 Å². The summed E-state index contributed by atoms with van der Waals surface area (Å²) in [4.78, 5) is 36.7. The highest BCUT2D eigenvalue weighted by Gasteiger charge is 2.33. The van der Waals surface area contributed by atoms with E-state index in [1.807, 2.05) is 4.90 Å². The van der Waals surface area contributed by atoms with Crippen molar-refractivity contribution in [2.24, 2.45) is 5.73 Å². The summed E-state index contributed by atoms with van der Waals surface area (Å²) in [5.41, 5.74) is 7.12. The fraction of sp³-hybridized carbons (Fsp3) is 0.429. The van der Waals surface area contributed by atoms with Gasteiger partial charge in [0.1, 0.15) is 11.9 Å². The third-order valence-corrected chi connectivity index (χ3v) is 6.31. The molecule has 2 saturated heterocycles. The summed E-state index contributed by atoms with van der Waals surface area (Å²) in [6.45, 7) is 3.10. The molecule has 11 nitrogen and oxygen atoms in total. The van der Waals surface area contributed by atoms with Crippen LogP contribution in [0.3, 0.4) is 0 Å². The van der Waals surface area contributed by atoms with E-state index in [0.717, 1.165) is 6.26 Å². The molecule has 0 bridgehead atoms. The zero-order chi connectivity index (χ0) is 23.6. The molecule has 12 heteroatoms. The maximum atomic E-state index is 12.4. The van der Waals surface area contributed by atoms with E-state index in [1.54, 1.807) is 30.3 Å². The van der Waals surface area contributed by atoms with Crippen molar-refractivity contribution in [1.82, 2.24) is 20.2 Å². The predicted octanol–water partition coefficient (Wildman–Crippen LogP) is 0.0764. The van der Waals surface area contributed by atoms with Crippen LogP contribution in [0, 0.1) is 0 Å². The van der Waals surface area contributed by atoms with Gasteiger partial charge in [0.25, 0.3) is 0 Å². The molecule has 1 aromatic carbocycles. The van der Waals surface area contributed by atoms with Gasteiger partial charge >= 0.3 is 6.03 Å². The summed E-state index contributed by atoms with van der Waals surface area (Å²) in [6, 6.07) is 7.17. The highest BCUT2D eigenvalue weighted by atomic mass is 32.2. The van der Waals surface area contributed by atoms with E-state index in [-0.39, 0.29) is 11.7 Å². The Labute approximate surface area is 191 Å². The number of benzene rings is 1. The van der Waals surface area contributed by atoms with Crippen molar-refractivity contribution in [3.63, 3.8) is 0 Å². The van der Waals surface area contributed by atoms with Gasteiger partial charge in [-0.1, -0.05) is 24.3 Å². The van der Waals surface area contributed by atoms with Crippen molar-refractivity contribution in [1.29, 1.82) is 0 Å². The van der Waals surface area contributed by atoms with E-state index in [1.165, 1.54) is 4.90 Å². The van der Waals surface area contributed by atoms with Gasteiger partial charge in [0.2, 0.25) is 5.91 Å². The lowest BCUT2D eigenvalue weighted by molar-refractivity contribution is -0.127. The normalized spacial score (nSPS) is 19.3. The van der Waals surface area contributed by atoms with Crippen LogP contribution in [0.5, 0.6) is 0 Å². The molecule has 0 aliphatic carbocycles. The first kappa shape index (κ1) is 22.9. The topological polar surface area (TPSA) is 148 Å². The lowest BCUT2D eigenvalue weighted by Gasteiger charge is -2.34. The number of hydrogen-bond donors (Lipinski definition) is 2. The largest absolute Gasteiger partial charge is 0.378 e. The first-order valence-corrected chi connectivity index (χ1v) is 12.6. The molecule has 176 valence electrons. The van der Waals surface area contributed by atoms with Crippen LogP contribution >= 0.6 is 0 Å². The van der Waals surface area contributed by atoms with Gasteiger partial charge in [-0.3, -0.25) is 4.79 Å². The van der Waals surface area contributed by atoms with E-state index in [2.05, 4.69) is 15.3 Å². The number of morpholine rings is 1. The summed E-state index contributed by atoms with van der Waals surface area (Å²) in [6.07, 6.45) is 1.16. The van der Waals surface area contributed by atoms with E-state index < -0.39 is 21.9 Å². The number of carbonyl (C=O) groups is 2. The van der Waals surface area contributed by atoms with Crippen molar-refractivity contribution in [2.45, 2.75) is 11.8 Å². The summed E-state index contributed by atoms with van der Waals surface area (Å²) in [5, 5.41) is 2.75. The van der Waals surface area contributed by atoms with Crippen molar-refractivity contribution < 1.29 is 22.7 Å². The Bertz CT molecular complexity index is 1150. The smallest absolute Gasteiger partial charge is 0.315 e. The van der Waals surface area contributed by atoms with Crippen LogP contribution in [0.25, 0.3) is 11.4 Å². The second-order valence-electron chi connectivity index (χ2n) is 8.06.